The Morgan fingerprint density at radius 3 is 2.42 bits per heavy atom. The van der Waals surface area contributed by atoms with Crippen LogP contribution in [0.4, 0.5) is 19.0 Å². The van der Waals surface area contributed by atoms with Gasteiger partial charge in [0.05, 0.1) is 5.56 Å². The summed E-state index contributed by atoms with van der Waals surface area (Å²) >= 11 is 0. The zero-order chi connectivity index (χ0) is 14.0. The van der Waals surface area contributed by atoms with E-state index in [4.69, 9.17) is 0 Å². The predicted octanol–water partition coefficient (Wildman–Crippen LogP) is 2.45. The quantitative estimate of drug-likeness (QED) is 0.839. The summed E-state index contributed by atoms with van der Waals surface area (Å²) in [5.74, 6) is 1.82. The predicted molar refractivity (Wildman–Crippen MR) is 68.5 cm³/mol. The van der Waals surface area contributed by atoms with Crippen molar-refractivity contribution >= 4 is 16.6 Å². The van der Waals surface area contributed by atoms with E-state index in [0.29, 0.717) is 17.3 Å². The first kappa shape index (κ1) is 14.3. The van der Waals surface area contributed by atoms with Crippen molar-refractivity contribution in [2.24, 2.45) is 0 Å². The van der Waals surface area contributed by atoms with Gasteiger partial charge in [-0.3, -0.25) is 4.21 Å². The molecule has 0 aliphatic carbocycles. The Morgan fingerprint density at radius 2 is 1.95 bits per heavy atom. The highest BCUT2D eigenvalue weighted by Crippen LogP contribution is 2.29. The standard InChI is InChI=1S/C12H15F3N2OS/c1-17(10-4-6-19(18)7-5-10)11-3-2-9(8-16-11)12(13,14)15/h2-3,8,10H,4-7H2,1H3. The fourth-order valence-electron chi connectivity index (χ4n) is 2.12. The van der Waals surface area contributed by atoms with Gasteiger partial charge in [-0.25, -0.2) is 4.98 Å². The molecule has 2 rings (SSSR count). The zero-order valence-electron chi connectivity index (χ0n) is 10.5. The molecule has 0 saturated carbocycles. The lowest BCUT2D eigenvalue weighted by molar-refractivity contribution is -0.137. The van der Waals surface area contributed by atoms with E-state index in [9.17, 15) is 17.4 Å². The van der Waals surface area contributed by atoms with Crippen LogP contribution in [0.2, 0.25) is 0 Å². The van der Waals surface area contributed by atoms with Crippen LogP contribution in [0.15, 0.2) is 18.3 Å². The van der Waals surface area contributed by atoms with Crippen molar-refractivity contribution in [2.75, 3.05) is 23.5 Å². The van der Waals surface area contributed by atoms with Crippen molar-refractivity contribution in [3.63, 3.8) is 0 Å². The number of aromatic nitrogens is 1. The van der Waals surface area contributed by atoms with Crippen molar-refractivity contribution in [1.29, 1.82) is 0 Å². The minimum absolute atomic E-state index is 0.196. The second kappa shape index (κ2) is 5.48. The maximum atomic E-state index is 12.4. The number of alkyl halides is 3. The summed E-state index contributed by atoms with van der Waals surface area (Å²) in [4.78, 5) is 5.74. The van der Waals surface area contributed by atoms with Crippen molar-refractivity contribution in [1.82, 2.24) is 4.98 Å². The Labute approximate surface area is 112 Å². The number of hydrogen-bond acceptors (Lipinski definition) is 3. The van der Waals surface area contributed by atoms with Gasteiger partial charge in [0.25, 0.3) is 0 Å². The van der Waals surface area contributed by atoms with Crippen LogP contribution in [-0.4, -0.2) is 33.8 Å². The van der Waals surface area contributed by atoms with Gasteiger partial charge in [0, 0.05) is 41.6 Å². The van der Waals surface area contributed by atoms with Crippen molar-refractivity contribution in [2.45, 2.75) is 25.1 Å². The van der Waals surface area contributed by atoms with Gasteiger partial charge in [0.1, 0.15) is 5.82 Å². The SMILES string of the molecule is CN(c1ccc(C(F)(F)F)cn1)C1CCS(=O)CC1. The van der Waals surface area contributed by atoms with Gasteiger partial charge in [-0.1, -0.05) is 0 Å². The molecule has 0 bridgehead atoms. The molecule has 2 heterocycles. The molecule has 0 N–H and O–H groups in total. The Hall–Kier alpha value is -1.11. The summed E-state index contributed by atoms with van der Waals surface area (Å²) in [6.45, 7) is 0. The van der Waals surface area contributed by atoms with Crippen LogP contribution in [-0.2, 0) is 17.0 Å². The molecule has 0 atom stereocenters. The lowest BCUT2D eigenvalue weighted by Crippen LogP contribution is -2.37. The highest BCUT2D eigenvalue weighted by Gasteiger charge is 2.31. The second-order valence-electron chi connectivity index (χ2n) is 4.59. The summed E-state index contributed by atoms with van der Waals surface area (Å²) in [5, 5.41) is 0. The summed E-state index contributed by atoms with van der Waals surface area (Å²) in [6.07, 6.45) is -1.93. The van der Waals surface area contributed by atoms with E-state index in [2.05, 4.69) is 4.98 Å². The fourth-order valence-corrected chi connectivity index (χ4v) is 3.39. The smallest absolute Gasteiger partial charge is 0.357 e. The van der Waals surface area contributed by atoms with Gasteiger partial charge in [0.15, 0.2) is 0 Å². The molecular weight excluding hydrogens is 277 g/mol. The van der Waals surface area contributed by atoms with Gasteiger partial charge in [0.2, 0.25) is 0 Å². The summed E-state index contributed by atoms with van der Waals surface area (Å²) in [7, 11) is 1.07. The fraction of sp³-hybridized carbons (Fsp3) is 0.583. The molecule has 0 aromatic carbocycles. The molecular formula is C12H15F3N2OS. The van der Waals surface area contributed by atoms with E-state index in [1.165, 1.54) is 6.07 Å². The van der Waals surface area contributed by atoms with Gasteiger partial charge in [-0.15, -0.1) is 0 Å². The van der Waals surface area contributed by atoms with Crippen LogP contribution in [0, 0.1) is 0 Å². The number of anilines is 1. The molecule has 1 aromatic rings. The summed E-state index contributed by atoms with van der Waals surface area (Å²) in [6, 6.07) is 2.62. The monoisotopic (exact) mass is 292 g/mol. The highest BCUT2D eigenvalue weighted by atomic mass is 32.2. The minimum atomic E-state index is -4.36. The first-order valence-corrected chi connectivity index (χ1v) is 7.48. The minimum Gasteiger partial charge on any atom is -0.357 e. The third-order valence-electron chi connectivity index (χ3n) is 3.34. The molecule has 106 valence electrons. The Balaban J connectivity index is 2.07. The lowest BCUT2D eigenvalue weighted by Gasteiger charge is -2.31. The highest BCUT2D eigenvalue weighted by molar-refractivity contribution is 7.85. The molecule has 1 aromatic heterocycles. The average molecular weight is 292 g/mol. The van der Waals surface area contributed by atoms with Crippen LogP contribution in [0.5, 0.6) is 0 Å². The third kappa shape index (κ3) is 3.46. The molecule has 0 radical (unpaired) electrons. The number of rotatable bonds is 2. The van der Waals surface area contributed by atoms with E-state index in [1.807, 2.05) is 11.9 Å². The van der Waals surface area contributed by atoms with Crippen LogP contribution in [0.3, 0.4) is 0 Å². The molecule has 0 spiro atoms. The Morgan fingerprint density at radius 1 is 1.32 bits per heavy atom. The normalized spacial score (nSPS) is 24.2. The largest absolute Gasteiger partial charge is 0.417 e. The van der Waals surface area contributed by atoms with Crippen LogP contribution in [0.25, 0.3) is 0 Å². The van der Waals surface area contributed by atoms with E-state index in [1.54, 1.807) is 0 Å². The first-order chi connectivity index (χ1) is 8.88. The summed E-state index contributed by atoms with van der Waals surface area (Å²) in [5.41, 5.74) is -0.741. The van der Waals surface area contributed by atoms with Gasteiger partial charge in [-0.2, -0.15) is 13.2 Å². The van der Waals surface area contributed by atoms with E-state index >= 15 is 0 Å². The number of nitrogens with zero attached hydrogens (tertiary/aromatic N) is 2. The van der Waals surface area contributed by atoms with E-state index < -0.39 is 22.5 Å². The molecule has 7 heteroatoms. The first-order valence-electron chi connectivity index (χ1n) is 5.99. The molecule has 1 aliphatic rings. The Kier molecular flexibility index (Phi) is 4.13. The molecule has 0 unspecified atom stereocenters. The maximum Gasteiger partial charge on any atom is 0.417 e. The summed E-state index contributed by atoms with van der Waals surface area (Å²) < 4.78 is 48.6. The topological polar surface area (TPSA) is 33.2 Å². The molecule has 1 fully saturated rings. The van der Waals surface area contributed by atoms with Gasteiger partial charge < -0.3 is 4.90 Å². The third-order valence-corrected chi connectivity index (χ3v) is 4.72. The van der Waals surface area contributed by atoms with Crippen LogP contribution in [0.1, 0.15) is 18.4 Å². The van der Waals surface area contributed by atoms with E-state index in [0.717, 1.165) is 25.1 Å². The number of hydrogen-bond donors (Lipinski definition) is 0. The lowest BCUT2D eigenvalue weighted by atomic mass is 10.1. The number of pyridine rings is 1. The zero-order valence-corrected chi connectivity index (χ0v) is 11.3. The van der Waals surface area contributed by atoms with Crippen LogP contribution >= 0.6 is 0 Å². The van der Waals surface area contributed by atoms with Crippen molar-refractivity contribution < 1.29 is 17.4 Å². The molecule has 1 saturated heterocycles. The van der Waals surface area contributed by atoms with E-state index in [-0.39, 0.29) is 6.04 Å². The van der Waals surface area contributed by atoms with Crippen LogP contribution < -0.4 is 4.90 Å². The molecule has 1 aliphatic heterocycles. The number of halogens is 3. The molecule has 3 nitrogen and oxygen atoms in total. The Bertz CT molecular complexity index is 451. The van der Waals surface area contributed by atoms with Gasteiger partial charge in [-0.05, 0) is 25.0 Å². The molecule has 19 heavy (non-hydrogen) atoms. The van der Waals surface area contributed by atoms with Crippen molar-refractivity contribution in [3.8, 4) is 0 Å². The average Bonchev–Trinajstić information content (AvgIpc) is 2.38. The van der Waals surface area contributed by atoms with Gasteiger partial charge >= 0.3 is 6.18 Å². The molecule has 0 amide bonds. The maximum absolute atomic E-state index is 12.4. The second-order valence-corrected chi connectivity index (χ2v) is 6.29. The van der Waals surface area contributed by atoms with Crippen molar-refractivity contribution in [3.05, 3.63) is 23.9 Å².